The molecule has 1 atom stereocenters. The van der Waals surface area contributed by atoms with Gasteiger partial charge in [-0.15, -0.1) is 0 Å². The third kappa shape index (κ3) is 4.60. The number of rotatable bonds is 10. The van der Waals surface area contributed by atoms with Crippen LogP contribution in [0.5, 0.6) is 0 Å². The third-order valence-electron chi connectivity index (χ3n) is 3.50. The Morgan fingerprint density at radius 1 is 0.800 bits per heavy atom. The van der Waals surface area contributed by atoms with E-state index in [1.54, 1.807) is 0 Å². The first-order valence-electron chi connectivity index (χ1n) is 7.06. The maximum Gasteiger partial charge on any atom is 0.460 e. The Morgan fingerprint density at radius 3 is 1.53 bits per heavy atom. The molecule has 0 saturated carbocycles. The van der Waals surface area contributed by atoms with Crippen molar-refractivity contribution in [2.75, 3.05) is 7.11 Å². The van der Waals surface area contributed by atoms with E-state index in [0.717, 1.165) is 0 Å². The molecule has 0 aromatic heterocycles. The molecule has 30 heavy (non-hydrogen) atoms. The molecular weight excluding hydrogens is 467 g/mol. The molecule has 0 radical (unpaired) electrons. The van der Waals surface area contributed by atoms with Crippen LogP contribution in [0.25, 0.3) is 0 Å². The molecule has 0 rings (SSSR count). The lowest BCUT2D eigenvalue weighted by atomic mass is 9.92. The lowest BCUT2D eigenvalue weighted by Crippen LogP contribution is -2.70. The Labute approximate surface area is 158 Å². The maximum absolute atomic E-state index is 13.6. The highest BCUT2D eigenvalue weighted by atomic mass is 19.4. The van der Waals surface area contributed by atoms with E-state index in [4.69, 9.17) is 0 Å². The summed E-state index contributed by atoms with van der Waals surface area (Å²) in [5.74, 6) is -42.9. The van der Waals surface area contributed by atoms with Crippen LogP contribution in [0.3, 0.4) is 0 Å². The van der Waals surface area contributed by atoms with Gasteiger partial charge in [-0.05, 0) is 0 Å². The molecule has 0 aliphatic carbocycles. The second kappa shape index (κ2) is 8.05. The van der Waals surface area contributed by atoms with Crippen LogP contribution in [-0.2, 0) is 14.3 Å². The Kier molecular flexibility index (Phi) is 7.57. The summed E-state index contributed by atoms with van der Waals surface area (Å²) in [6.45, 7) is 2.77. The van der Waals surface area contributed by atoms with Gasteiger partial charge in [0.2, 0.25) is 0 Å². The van der Waals surface area contributed by atoms with E-state index in [2.05, 4.69) is 16.1 Å². The molecule has 1 N–H and O–H groups in total. The van der Waals surface area contributed by atoms with Gasteiger partial charge in [-0.2, -0.15) is 57.1 Å². The minimum absolute atomic E-state index is 0.282. The molecule has 178 valence electrons. The van der Waals surface area contributed by atoms with Gasteiger partial charge in [0.05, 0.1) is 0 Å². The van der Waals surface area contributed by atoms with Crippen LogP contribution >= 0.6 is 0 Å². The molecule has 0 amide bonds. The first-order valence-corrected chi connectivity index (χ1v) is 7.06. The molecule has 0 saturated heterocycles. The molecule has 1 unspecified atom stereocenters. The number of methoxy groups -OCH3 is 1. The summed E-state index contributed by atoms with van der Waals surface area (Å²) in [4.78, 5) is 10.9. The van der Waals surface area contributed by atoms with Gasteiger partial charge in [-0.3, -0.25) is 0 Å². The Hall–Kier alpha value is -1.78. The van der Waals surface area contributed by atoms with E-state index in [1.807, 2.05) is 0 Å². The van der Waals surface area contributed by atoms with E-state index in [1.165, 1.54) is 0 Å². The molecule has 4 nitrogen and oxygen atoms in total. The fourth-order valence-corrected chi connectivity index (χ4v) is 1.67. The minimum atomic E-state index is -8.03. The molecule has 0 spiro atoms. The molecule has 0 fully saturated rings. The molecule has 0 heterocycles. The number of halogens is 13. The standard InChI is InChI=1S/C13H11F13O4/c1-3-6(27)30-8(28,29-2)5-4-7(14,15)9(16,17)10(18,19)11(20,21)12(22,23)13(24,25)26/h3,28H,1,4-5H2,2H3. The Morgan fingerprint density at radius 2 is 1.20 bits per heavy atom. The lowest BCUT2D eigenvalue weighted by Gasteiger charge is -2.40. The quantitative estimate of drug-likeness (QED) is 0.217. The average Bonchev–Trinajstić information content (AvgIpc) is 2.58. The zero-order chi connectivity index (χ0) is 24.6. The predicted molar refractivity (Wildman–Crippen MR) is 68.3 cm³/mol. The van der Waals surface area contributed by atoms with Gasteiger partial charge >= 0.3 is 47.7 Å². The van der Waals surface area contributed by atoms with Gasteiger partial charge in [-0.25, -0.2) is 4.79 Å². The van der Waals surface area contributed by atoms with Crippen LogP contribution in [0.2, 0.25) is 0 Å². The topological polar surface area (TPSA) is 55.8 Å². The Balaban J connectivity index is 6.02. The largest absolute Gasteiger partial charge is 0.460 e. The van der Waals surface area contributed by atoms with E-state index in [-0.39, 0.29) is 6.08 Å². The van der Waals surface area contributed by atoms with Gasteiger partial charge in [0.1, 0.15) is 0 Å². The fraction of sp³-hybridized carbons (Fsp3) is 0.769. The normalized spacial score (nSPS) is 16.8. The van der Waals surface area contributed by atoms with Gasteiger partial charge < -0.3 is 14.6 Å². The third-order valence-corrected chi connectivity index (χ3v) is 3.50. The van der Waals surface area contributed by atoms with E-state index in [9.17, 15) is 67.0 Å². The molecule has 0 aliphatic heterocycles. The summed E-state index contributed by atoms with van der Waals surface area (Å²) in [6.07, 6.45) is -12.1. The molecule has 0 aliphatic rings. The minimum Gasteiger partial charge on any atom is -0.405 e. The second-order valence-corrected chi connectivity index (χ2v) is 5.54. The summed E-state index contributed by atoms with van der Waals surface area (Å²) < 4.78 is 176. The van der Waals surface area contributed by atoms with Gasteiger partial charge in [-0.1, -0.05) is 6.58 Å². The Bertz CT molecular complexity index is 643. The van der Waals surface area contributed by atoms with Crippen LogP contribution < -0.4 is 0 Å². The number of hydrogen-bond donors (Lipinski definition) is 1. The molecular formula is C13H11F13O4. The van der Waals surface area contributed by atoms with Gasteiger partial charge in [0, 0.05) is 26.0 Å². The van der Waals surface area contributed by atoms with E-state index in [0.29, 0.717) is 7.11 Å². The predicted octanol–water partition coefficient (Wildman–Crippen LogP) is 4.53. The number of carbonyl (C=O) groups is 1. The van der Waals surface area contributed by atoms with Crippen molar-refractivity contribution in [2.45, 2.75) is 54.6 Å². The molecule has 0 aromatic rings. The van der Waals surface area contributed by atoms with Crippen LogP contribution in [0.4, 0.5) is 57.1 Å². The van der Waals surface area contributed by atoms with Crippen molar-refractivity contribution in [3.63, 3.8) is 0 Å². The van der Waals surface area contributed by atoms with Crippen molar-refractivity contribution in [2.24, 2.45) is 0 Å². The SMILES string of the molecule is C=CC(=O)OC(O)(CCC(F)(F)C(F)(F)C(F)(F)C(F)(F)C(F)(F)C(F)(F)F)OC. The van der Waals surface area contributed by atoms with Crippen LogP contribution in [0, 0.1) is 0 Å². The number of alkyl halides is 13. The maximum atomic E-state index is 13.6. The van der Waals surface area contributed by atoms with Crippen molar-refractivity contribution < 1.29 is 76.5 Å². The summed E-state index contributed by atoms with van der Waals surface area (Å²) in [5, 5.41) is 9.45. The van der Waals surface area contributed by atoms with E-state index >= 15 is 0 Å². The molecule has 0 aromatic carbocycles. The zero-order valence-electron chi connectivity index (χ0n) is 14.3. The van der Waals surface area contributed by atoms with Crippen LogP contribution in [-0.4, -0.2) is 59.9 Å². The lowest BCUT2D eigenvalue weighted by molar-refractivity contribution is -0.441. The fourth-order valence-electron chi connectivity index (χ4n) is 1.67. The smallest absolute Gasteiger partial charge is 0.405 e. The van der Waals surface area contributed by atoms with Crippen LogP contribution in [0.15, 0.2) is 12.7 Å². The number of esters is 1. The first-order chi connectivity index (χ1) is 13.0. The highest BCUT2D eigenvalue weighted by Crippen LogP contribution is 2.60. The summed E-state index contributed by atoms with van der Waals surface area (Å²) in [6, 6.07) is 0. The monoisotopic (exact) mass is 478 g/mol. The summed E-state index contributed by atoms with van der Waals surface area (Å²) in [5.41, 5.74) is 0. The van der Waals surface area contributed by atoms with Crippen LogP contribution in [0.1, 0.15) is 12.8 Å². The number of aliphatic hydroxyl groups is 1. The first kappa shape index (κ1) is 28.2. The van der Waals surface area contributed by atoms with Crippen molar-refractivity contribution in [1.29, 1.82) is 0 Å². The van der Waals surface area contributed by atoms with Crippen molar-refractivity contribution in [3.8, 4) is 0 Å². The zero-order valence-corrected chi connectivity index (χ0v) is 14.3. The van der Waals surface area contributed by atoms with Crippen molar-refractivity contribution >= 4 is 5.97 Å². The summed E-state index contributed by atoms with van der Waals surface area (Å²) in [7, 11) is 0.416. The number of carbonyl (C=O) groups excluding carboxylic acids is 1. The molecule has 17 heteroatoms. The summed E-state index contributed by atoms with van der Waals surface area (Å²) >= 11 is 0. The number of hydrogen-bond acceptors (Lipinski definition) is 4. The van der Waals surface area contributed by atoms with Crippen molar-refractivity contribution in [1.82, 2.24) is 0 Å². The van der Waals surface area contributed by atoms with Gasteiger partial charge in [0.15, 0.2) is 0 Å². The molecule has 0 bridgehead atoms. The second-order valence-electron chi connectivity index (χ2n) is 5.54. The van der Waals surface area contributed by atoms with Gasteiger partial charge in [0.25, 0.3) is 0 Å². The average molecular weight is 478 g/mol. The number of ether oxygens (including phenoxy) is 2. The van der Waals surface area contributed by atoms with E-state index < -0.39 is 60.6 Å². The highest BCUT2D eigenvalue weighted by Gasteiger charge is 2.90. The van der Waals surface area contributed by atoms with Crippen molar-refractivity contribution in [3.05, 3.63) is 12.7 Å². The highest BCUT2D eigenvalue weighted by molar-refractivity contribution is 5.81.